The first-order valence-corrected chi connectivity index (χ1v) is 7.52. The van der Waals surface area contributed by atoms with Gasteiger partial charge in [-0.1, -0.05) is 18.2 Å². The van der Waals surface area contributed by atoms with Crippen LogP contribution in [0.2, 0.25) is 0 Å². The summed E-state index contributed by atoms with van der Waals surface area (Å²) in [5.41, 5.74) is 2.52. The molecule has 0 saturated heterocycles. The number of nitrogens with zero attached hydrogens (tertiary/aromatic N) is 5. The second kappa shape index (κ2) is 6.13. The Morgan fingerprint density at radius 2 is 2.00 bits per heavy atom. The van der Waals surface area contributed by atoms with Crippen molar-refractivity contribution < 1.29 is 0 Å². The van der Waals surface area contributed by atoms with E-state index in [4.69, 9.17) is 0 Å². The molecule has 1 atom stereocenters. The highest BCUT2D eigenvalue weighted by Gasteiger charge is 2.16. The van der Waals surface area contributed by atoms with Crippen LogP contribution in [-0.4, -0.2) is 25.0 Å². The zero-order valence-corrected chi connectivity index (χ0v) is 13.1. The third-order valence-corrected chi connectivity index (χ3v) is 3.89. The number of aromatic nitrogens is 5. The van der Waals surface area contributed by atoms with E-state index < -0.39 is 0 Å². The lowest BCUT2D eigenvalue weighted by Gasteiger charge is -2.13. The Morgan fingerprint density at radius 1 is 1.14 bits per heavy atom. The molecule has 0 amide bonds. The Kier molecular flexibility index (Phi) is 4.06. The van der Waals surface area contributed by atoms with Crippen LogP contribution in [0.1, 0.15) is 25.1 Å². The molecule has 0 aliphatic heterocycles. The summed E-state index contributed by atoms with van der Waals surface area (Å²) in [6, 6.07) is 9.80. The molecule has 3 aromatic heterocycles. The van der Waals surface area contributed by atoms with Gasteiger partial charge in [0.1, 0.15) is 11.4 Å². The summed E-state index contributed by atoms with van der Waals surface area (Å²) in [5, 5.41) is 8.48. The highest BCUT2D eigenvalue weighted by Crippen LogP contribution is 2.25. The van der Waals surface area contributed by atoms with Crippen LogP contribution < -0.4 is 0 Å². The van der Waals surface area contributed by atoms with Gasteiger partial charge in [0.25, 0.3) is 0 Å². The topological polar surface area (TPSA) is 56.5 Å². The number of hydrogen-bond acceptors (Lipinski definition) is 4. The van der Waals surface area contributed by atoms with Crippen LogP contribution in [0.3, 0.4) is 0 Å². The Morgan fingerprint density at radius 3 is 2.71 bits per heavy atom. The van der Waals surface area contributed by atoms with Crippen molar-refractivity contribution >= 4 is 15.9 Å². The van der Waals surface area contributed by atoms with Gasteiger partial charge in [0, 0.05) is 16.9 Å². The SMILES string of the molecule is CC[C@H](c1ccccn1)n1cc(-c2ncccc2Br)nn1. The Labute approximate surface area is 131 Å². The summed E-state index contributed by atoms with van der Waals surface area (Å²) in [6.45, 7) is 2.11. The highest BCUT2D eigenvalue weighted by molar-refractivity contribution is 9.10. The summed E-state index contributed by atoms with van der Waals surface area (Å²) in [6.07, 6.45) is 6.35. The van der Waals surface area contributed by atoms with E-state index in [1.54, 1.807) is 12.4 Å². The average Bonchev–Trinajstić information content (AvgIpc) is 2.99. The zero-order chi connectivity index (χ0) is 14.7. The Balaban J connectivity index is 1.96. The monoisotopic (exact) mass is 343 g/mol. The number of hydrogen-bond donors (Lipinski definition) is 0. The third kappa shape index (κ3) is 2.85. The van der Waals surface area contributed by atoms with E-state index in [0.717, 1.165) is 28.0 Å². The molecule has 0 aromatic carbocycles. The van der Waals surface area contributed by atoms with Gasteiger partial charge in [0.2, 0.25) is 0 Å². The van der Waals surface area contributed by atoms with Gasteiger partial charge in [-0.05, 0) is 46.6 Å². The quantitative estimate of drug-likeness (QED) is 0.727. The van der Waals surface area contributed by atoms with Crippen LogP contribution in [0.5, 0.6) is 0 Å². The van der Waals surface area contributed by atoms with Crippen LogP contribution in [-0.2, 0) is 0 Å². The minimum absolute atomic E-state index is 0.0786. The number of rotatable bonds is 4. The molecule has 5 nitrogen and oxygen atoms in total. The number of pyridine rings is 2. The molecule has 3 aromatic rings. The first-order chi connectivity index (χ1) is 10.3. The van der Waals surface area contributed by atoms with Crippen LogP contribution >= 0.6 is 15.9 Å². The van der Waals surface area contributed by atoms with Gasteiger partial charge in [-0.25, -0.2) is 4.68 Å². The molecule has 0 fully saturated rings. The van der Waals surface area contributed by atoms with Crippen molar-refractivity contribution in [3.05, 3.63) is 59.1 Å². The van der Waals surface area contributed by atoms with Crippen LogP contribution in [0, 0.1) is 0 Å². The normalized spacial score (nSPS) is 12.3. The van der Waals surface area contributed by atoms with E-state index in [1.807, 2.05) is 41.2 Å². The maximum absolute atomic E-state index is 4.41. The fraction of sp³-hybridized carbons (Fsp3) is 0.200. The second-order valence-corrected chi connectivity index (χ2v) is 5.45. The van der Waals surface area contributed by atoms with Crippen LogP contribution in [0.25, 0.3) is 11.4 Å². The molecule has 0 radical (unpaired) electrons. The third-order valence-electron chi connectivity index (χ3n) is 3.25. The molecule has 0 aliphatic carbocycles. The van der Waals surface area contributed by atoms with Gasteiger partial charge in [0.15, 0.2) is 0 Å². The number of halogens is 1. The van der Waals surface area contributed by atoms with E-state index in [0.29, 0.717) is 0 Å². The predicted octanol–water partition coefficient (Wildman–Crippen LogP) is 3.50. The molecule has 21 heavy (non-hydrogen) atoms. The maximum Gasteiger partial charge on any atom is 0.132 e. The maximum atomic E-state index is 4.41. The van der Waals surface area contributed by atoms with Crippen molar-refractivity contribution in [2.24, 2.45) is 0 Å². The second-order valence-electron chi connectivity index (χ2n) is 4.60. The van der Waals surface area contributed by atoms with Crippen LogP contribution in [0.4, 0.5) is 0 Å². The molecule has 0 bridgehead atoms. The lowest BCUT2D eigenvalue weighted by atomic mass is 10.1. The van der Waals surface area contributed by atoms with E-state index in [2.05, 4.69) is 43.1 Å². The summed E-state index contributed by atoms with van der Waals surface area (Å²) in [7, 11) is 0. The van der Waals surface area contributed by atoms with Crippen molar-refractivity contribution in [1.29, 1.82) is 0 Å². The predicted molar refractivity (Wildman–Crippen MR) is 83.6 cm³/mol. The van der Waals surface area contributed by atoms with Crippen molar-refractivity contribution in [3.63, 3.8) is 0 Å². The van der Waals surface area contributed by atoms with E-state index in [1.165, 1.54) is 0 Å². The van der Waals surface area contributed by atoms with Gasteiger partial charge < -0.3 is 0 Å². The molecule has 0 aliphatic rings. The minimum Gasteiger partial charge on any atom is -0.259 e. The standard InChI is InChI=1S/C15H14BrN5/c1-2-14(12-7-3-4-8-17-12)21-10-13(19-20-21)15-11(16)6-5-9-18-15/h3-10,14H,2H2,1H3/t14-/m1/s1. The van der Waals surface area contributed by atoms with E-state index in [-0.39, 0.29) is 6.04 Å². The van der Waals surface area contributed by atoms with Crippen molar-refractivity contribution in [3.8, 4) is 11.4 Å². The first-order valence-electron chi connectivity index (χ1n) is 6.73. The lowest BCUT2D eigenvalue weighted by molar-refractivity contribution is 0.483. The van der Waals surface area contributed by atoms with Crippen molar-refractivity contribution in [2.45, 2.75) is 19.4 Å². The van der Waals surface area contributed by atoms with Gasteiger partial charge in [-0.2, -0.15) is 0 Å². The summed E-state index contributed by atoms with van der Waals surface area (Å²) >= 11 is 3.49. The first kappa shape index (κ1) is 13.9. The molecule has 0 N–H and O–H groups in total. The van der Waals surface area contributed by atoms with E-state index in [9.17, 15) is 0 Å². The van der Waals surface area contributed by atoms with Crippen LogP contribution in [0.15, 0.2) is 53.4 Å². The molecule has 0 unspecified atom stereocenters. The molecular formula is C15H14BrN5. The Bertz CT molecular complexity index is 726. The lowest BCUT2D eigenvalue weighted by Crippen LogP contribution is -2.11. The fourth-order valence-corrected chi connectivity index (χ4v) is 2.67. The molecular weight excluding hydrogens is 330 g/mol. The average molecular weight is 344 g/mol. The smallest absolute Gasteiger partial charge is 0.132 e. The van der Waals surface area contributed by atoms with Gasteiger partial charge >= 0.3 is 0 Å². The molecule has 0 saturated carbocycles. The molecule has 0 spiro atoms. The molecule has 6 heteroatoms. The molecule has 3 heterocycles. The summed E-state index contributed by atoms with van der Waals surface area (Å²) < 4.78 is 2.75. The van der Waals surface area contributed by atoms with Gasteiger partial charge in [-0.3, -0.25) is 9.97 Å². The molecule has 3 rings (SSSR count). The van der Waals surface area contributed by atoms with Crippen molar-refractivity contribution in [2.75, 3.05) is 0 Å². The van der Waals surface area contributed by atoms with Crippen molar-refractivity contribution in [1.82, 2.24) is 25.0 Å². The Hall–Kier alpha value is -2.08. The summed E-state index contributed by atoms with van der Waals surface area (Å²) in [5.74, 6) is 0. The van der Waals surface area contributed by atoms with Gasteiger partial charge in [0.05, 0.1) is 17.9 Å². The van der Waals surface area contributed by atoms with Gasteiger partial charge in [-0.15, -0.1) is 5.10 Å². The fourth-order valence-electron chi connectivity index (χ4n) is 2.22. The largest absolute Gasteiger partial charge is 0.259 e. The minimum atomic E-state index is 0.0786. The zero-order valence-electron chi connectivity index (χ0n) is 11.5. The van der Waals surface area contributed by atoms with E-state index >= 15 is 0 Å². The highest BCUT2D eigenvalue weighted by atomic mass is 79.9. The molecule has 106 valence electrons. The summed E-state index contributed by atoms with van der Waals surface area (Å²) in [4.78, 5) is 8.75.